The second kappa shape index (κ2) is 13.9. The molecule has 11 nitrogen and oxygen atoms in total. The van der Waals surface area contributed by atoms with Crippen LogP contribution in [0.25, 0.3) is 0 Å². The zero-order valence-electron chi connectivity index (χ0n) is 20.5. The van der Waals surface area contributed by atoms with E-state index in [2.05, 4.69) is 21.3 Å². The normalized spacial score (nSPS) is 12.5. The van der Waals surface area contributed by atoms with Gasteiger partial charge in [-0.05, 0) is 59.1 Å². The first-order chi connectivity index (χ1) is 16.3. The van der Waals surface area contributed by atoms with Crippen LogP contribution in [-0.4, -0.2) is 61.1 Å². The zero-order chi connectivity index (χ0) is 26.6. The minimum absolute atomic E-state index is 0.184. The van der Waals surface area contributed by atoms with E-state index in [0.29, 0.717) is 19.4 Å². The summed E-state index contributed by atoms with van der Waals surface area (Å²) in [6.07, 6.45) is 0.620. The van der Waals surface area contributed by atoms with Gasteiger partial charge in [0.25, 0.3) is 0 Å². The molecule has 0 aromatic heterocycles. The van der Waals surface area contributed by atoms with E-state index < -0.39 is 53.3 Å². The maximum absolute atomic E-state index is 13.6. The first-order valence-corrected chi connectivity index (χ1v) is 11.1. The third-order valence-electron chi connectivity index (χ3n) is 4.46. The van der Waals surface area contributed by atoms with Crippen molar-refractivity contribution in [3.63, 3.8) is 0 Å². The van der Waals surface area contributed by atoms with E-state index in [9.17, 15) is 28.4 Å². The van der Waals surface area contributed by atoms with Gasteiger partial charge in [0, 0.05) is 6.54 Å². The number of amides is 4. The molecule has 4 amide bonds. The number of carbonyl (C=O) groups excluding carboxylic acids is 5. The molecular formula is C23H33FN4O7. The topological polar surface area (TPSA) is 152 Å². The summed E-state index contributed by atoms with van der Waals surface area (Å²) < 4.78 is 23.5. The van der Waals surface area contributed by atoms with Gasteiger partial charge in [0.15, 0.2) is 0 Å². The summed E-state index contributed by atoms with van der Waals surface area (Å²) in [4.78, 5) is 60.2. The summed E-state index contributed by atoms with van der Waals surface area (Å²) in [6.45, 7) is 6.86. The van der Waals surface area contributed by atoms with Crippen molar-refractivity contribution in [2.75, 3.05) is 19.0 Å². The maximum Gasteiger partial charge on any atom is 0.407 e. The number of unbranched alkanes of at least 4 members (excludes halogenated alkanes) is 1. The zero-order valence-corrected chi connectivity index (χ0v) is 20.5. The Morgan fingerprint density at radius 3 is 2.26 bits per heavy atom. The van der Waals surface area contributed by atoms with Crippen molar-refractivity contribution in [2.45, 2.75) is 64.6 Å². The van der Waals surface area contributed by atoms with Gasteiger partial charge < -0.3 is 30.7 Å². The first kappa shape index (κ1) is 29.3. The van der Waals surface area contributed by atoms with Crippen LogP contribution in [0.2, 0.25) is 0 Å². The lowest BCUT2D eigenvalue weighted by atomic mass is 10.1. The molecular weight excluding hydrogens is 463 g/mol. The molecule has 0 saturated heterocycles. The average molecular weight is 497 g/mol. The Labute approximate surface area is 203 Å². The fourth-order valence-corrected chi connectivity index (χ4v) is 2.74. The number of para-hydroxylation sites is 1. The molecule has 0 heterocycles. The number of anilines is 1. The predicted molar refractivity (Wildman–Crippen MR) is 125 cm³/mol. The lowest BCUT2D eigenvalue weighted by Crippen LogP contribution is -2.52. The monoisotopic (exact) mass is 496 g/mol. The van der Waals surface area contributed by atoms with Gasteiger partial charge in [0.05, 0.1) is 12.8 Å². The molecule has 0 fully saturated rings. The number of nitrogens with one attached hydrogen (secondary N) is 4. The maximum atomic E-state index is 13.6. The Balaban J connectivity index is 2.52. The number of hydrogen-bond donors (Lipinski definition) is 4. The molecule has 0 radical (unpaired) electrons. The van der Waals surface area contributed by atoms with Gasteiger partial charge in [-0.1, -0.05) is 12.1 Å². The van der Waals surface area contributed by atoms with E-state index in [1.165, 1.54) is 32.2 Å². The Kier molecular flexibility index (Phi) is 11.6. The van der Waals surface area contributed by atoms with Gasteiger partial charge in [-0.15, -0.1) is 0 Å². The van der Waals surface area contributed by atoms with Crippen molar-refractivity contribution in [3.8, 4) is 0 Å². The summed E-state index contributed by atoms with van der Waals surface area (Å²) in [7, 11) is 1.17. The van der Waals surface area contributed by atoms with Crippen LogP contribution in [0.5, 0.6) is 0 Å². The third kappa shape index (κ3) is 11.3. The molecule has 4 N–H and O–H groups in total. The van der Waals surface area contributed by atoms with Crippen LogP contribution in [0.1, 0.15) is 47.0 Å². The lowest BCUT2D eigenvalue weighted by Gasteiger charge is -2.20. The number of carbonyl (C=O) groups is 5. The number of esters is 1. The molecule has 0 aliphatic heterocycles. The molecule has 0 aliphatic rings. The van der Waals surface area contributed by atoms with Crippen molar-refractivity contribution < 1.29 is 37.8 Å². The van der Waals surface area contributed by atoms with E-state index in [1.54, 1.807) is 20.8 Å². The highest BCUT2D eigenvalue weighted by molar-refractivity contribution is 6.40. The van der Waals surface area contributed by atoms with Crippen LogP contribution >= 0.6 is 0 Å². The number of alkyl carbamates (subject to hydrolysis) is 1. The predicted octanol–water partition coefficient (Wildman–Crippen LogP) is 1.62. The molecule has 1 rings (SSSR count). The molecule has 0 spiro atoms. The molecule has 0 bridgehead atoms. The first-order valence-electron chi connectivity index (χ1n) is 11.1. The largest absolute Gasteiger partial charge is 0.467 e. The van der Waals surface area contributed by atoms with Crippen molar-refractivity contribution in [1.29, 1.82) is 0 Å². The Morgan fingerprint density at radius 2 is 1.66 bits per heavy atom. The fourth-order valence-electron chi connectivity index (χ4n) is 2.74. The quantitative estimate of drug-likeness (QED) is 0.218. The molecule has 0 aliphatic carbocycles. The van der Waals surface area contributed by atoms with Crippen molar-refractivity contribution in [1.82, 2.24) is 16.0 Å². The third-order valence-corrected chi connectivity index (χ3v) is 4.46. The summed E-state index contributed by atoms with van der Waals surface area (Å²) in [6, 6.07) is 3.13. The van der Waals surface area contributed by atoms with Crippen molar-refractivity contribution >= 4 is 35.5 Å². The number of rotatable bonds is 10. The Bertz CT molecular complexity index is 917. The van der Waals surface area contributed by atoms with Gasteiger partial charge in [0.1, 0.15) is 23.5 Å². The van der Waals surface area contributed by atoms with Crippen LogP contribution in [0, 0.1) is 5.82 Å². The summed E-state index contributed by atoms with van der Waals surface area (Å²) in [5, 5.41) is 9.37. The van der Waals surface area contributed by atoms with Crippen LogP contribution in [0.4, 0.5) is 14.9 Å². The van der Waals surface area contributed by atoms with Crippen LogP contribution in [0.15, 0.2) is 24.3 Å². The summed E-state index contributed by atoms with van der Waals surface area (Å²) in [5.74, 6) is -4.44. The molecule has 0 unspecified atom stereocenters. The standard InChI is InChI=1S/C23H33FN4O7/c1-14(26-19(30)20(31)27-16-11-7-6-10-15(16)24)18(29)28-17(21(32)34-5)12-8-9-13-25-22(33)35-23(2,3)4/h6-7,10-11,14,17H,8-9,12-13H2,1-5H3,(H,25,33)(H,26,30)(H,27,31)(H,28,29)/t14-,17-/m0/s1. The van der Waals surface area contributed by atoms with Crippen molar-refractivity contribution in [3.05, 3.63) is 30.1 Å². The van der Waals surface area contributed by atoms with E-state index in [-0.39, 0.29) is 12.1 Å². The van der Waals surface area contributed by atoms with Crippen LogP contribution in [-0.2, 0) is 28.7 Å². The highest BCUT2D eigenvalue weighted by atomic mass is 19.1. The lowest BCUT2D eigenvalue weighted by molar-refractivity contribution is -0.145. The SMILES string of the molecule is COC(=O)[C@H](CCCCNC(=O)OC(C)(C)C)NC(=O)[C@H](C)NC(=O)C(=O)Nc1ccccc1F. The van der Waals surface area contributed by atoms with E-state index >= 15 is 0 Å². The highest BCUT2D eigenvalue weighted by Crippen LogP contribution is 2.12. The molecule has 2 atom stereocenters. The number of benzene rings is 1. The van der Waals surface area contributed by atoms with Gasteiger partial charge >= 0.3 is 23.9 Å². The Hall–Kier alpha value is -3.70. The van der Waals surface area contributed by atoms with Crippen LogP contribution in [0.3, 0.4) is 0 Å². The molecule has 12 heteroatoms. The fraction of sp³-hybridized carbons (Fsp3) is 0.522. The second-order valence-corrected chi connectivity index (χ2v) is 8.64. The van der Waals surface area contributed by atoms with E-state index in [0.717, 1.165) is 6.07 Å². The number of ether oxygens (including phenoxy) is 2. The van der Waals surface area contributed by atoms with E-state index in [1.807, 2.05) is 0 Å². The van der Waals surface area contributed by atoms with Crippen molar-refractivity contribution in [2.24, 2.45) is 0 Å². The minimum Gasteiger partial charge on any atom is -0.467 e. The summed E-state index contributed by atoms with van der Waals surface area (Å²) >= 11 is 0. The summed E-state index contributed by atoms with van der Waals surface area (Å²) in [5.41, 5.74) is -0.800. The van der Waals surface area contributed by atoms with Gasteiger partial charge in [-0.2, -0.15) is 0 Å². The molecule has 1 aromatic carbocycles. The second-order valence-electron chi connectivity index (χ2n) is 8.64. The number of hydrogen-bond acceptors (Lipinski definition) is 7. The van der Waals surface area contributed by atoms with Gasteiger partial charge in [-0.3, -0.25) is 14.4 Å². The smallest absolute Gasteiger partial charge is 0.407 e. The number of methoxy groups -OCH3 is 1. The molecule has 35 heavy (non-hydrogen) atoms. The molecule has 1 aromatic rings. The number of halogens is 1. The van der Waals surface area contributed by atoms with Gasteiger partial charge in [0.2, 0.25) is 5.91 Å². The van der Waals surface area contributed by atoms with E-state index in [4.69, 9.17) is 9.47 Å². The Morgan fingerprint density at radius 1 is 1.00 bits per heavy atom. The van der Waals surface area contributed by atoms with Crippen LogP contribution < -0.4 is 21.3 Å². The molecule has 194 valence electrons. The molecule has 0 saturated carbocycles. The highest BCUT2D eigenvalue weighted by Gasteiger charge is 2.26. The average Bonchev–Trinajstić information content (AvgIpc) is 2.77. The minimum atomic E-state index is -1.17. The van der Waals surface area contributed by atoms with Gasteiger partial charge in [-0.25, -0.2) is 14.0 Å².